The van der Waals surface area contributed by atoms with Crippen LogP contribution in [0.5, 0.6) is 0 Å². The molecule has 11 heavy (non-hydrogen) atoms. The molecular weight excluding hydrogens is 206 g/mol. The Balaban J connectivity index is 2.30. The molecule has 0 radical (unpaired) electrons. The summed E-state index contributed by atoms with van der Waals surface area (Å²) in [6.45, 7) is 3.55. The summed E-state index contributed by atoms with van der Waals surface area (Å²) in [6, 6.07) is 0. The summed E-state index contributed by atoms with van der Waals surface area (Å²) in [5.41, 5.74) is 0. The van der Waals surface area contributed by atoms with Crippen molar-refractivity contribution in [1.29, 1.82) is 0 Å². The molecule has 3 heteroatoms. The summed E-state index contributed by atoms with van der Waals surface area (Å²) in [5, 5.41) is 1.08. The van der Waals surface area contributed by atoms with Gasteiger partial charge in [0.25, 0.3) is 0 Å². The second-order valence-corrected chi connectivity index (χ2v) is 3.75. The third kappa shape index (κ3) is 2.47. The van der Waals surface area contributed by atoms with Gasteiger partial charge in [-0.15, -0.1) is 0 Å². The van der Waals surface area contributed by atoms with Crippen molar-refractivity contribution in [3.63, 3.8) is 0 Å². The smallest absolute Gasteiger partial charge is 0.219 e. The molecule has 0 unspecified atom stereocenters. The van der Waals surface area contributed by atoms with Gasteiger partial charge in [0.05, 0.1) is 0 Å². The van der Waals surface area contributed by atoms with E-state index in [1.165, 1.54) is 0 Å². The second kappa shape index (κ2) is 4.10. The molecule has 2 nitrogen and oxygen atoms in total. The minimum Gasteiger partial charge on any atom is -0.343 e. The highest BCUT2D eigenvalue weighted by molar-refractivity contribution is 9.09. The summed E-state index contributed by atoms with van der Waals surface area (Å²) in [4.78, 5) is 12.8. The first kappa shape index (κ1) is 9.04. The molecule has 0 saturated carbocycles. The number of nitrogens with zero attached hydrogens (tertiary/aromatic N) is 1. The largest absolute Gasteiger partial charge is 0.343 e. The Morgan fingerprint density at radius 2 is 2.09 bits per heavy atom. The van der Waals surface area contributed by atoms with Crippen molar-refractivity contribution < 1.29 is 4.79 Å². The highest BCUT2D eigenvalue weighted by Gasteiger charge is 2.19. The fraction of sp³-hybridized carbons (Fsp3) is 0.875. The van der Waals surface area contributed by atoms with E-state index >= 15 is 0 Å². The number of carbonyl (C=O) groups is 1. The molecule has 1 heterocycles. The van der Waals surface area contributed by atoms with Crippen molar-refractivity contribution in [3.05, 3.63) is 0 Å². The molecule has 0 atom stereocenters. The Kier molecular flexibility index (Phi) is 3.37. The number of rotatable bonds is 1. The molecule has 1 saturated heterocycles. The lowest BCUT2D eigenvalue weighted by Gasteiger charge is -2.30. The monoisotopic (exact) mass is 219 g/mol. The summed E-state index contributed by atoms with van der Waals surface area (Å²) in [6.07, 6.45) is 2.32. The first-order chi connectivity index (χ1) is 5.24. The zero-order valence-corrected chi connectivity index (χ0v) is 8.43. The second-order valence-electron chi connectivity index (χ2n) is 3.10. The molecule has 0 aliphatic carbocycles. The van der Waals surface area contributed by atoms with Gasteiger partial charge in [-0.3, -0.25) is 4.79 Å². The first-order valence-electron chi connectivity index (χ1n) is 4.05. The Labute approximate surface area is 76.1 Å². The molecule has 1 rings (SSSR count). The quantitative estimate of drug-likeness (QED) is 0.615. The Morgan fingerprint density at radius 1 is 1.55 bits per heavy atom. The van der Waals surface area contributed by atoms with Crippen LogP contribution in [-0.4, -0.2) is 29.2 Å². The number of hydrogen-bond acceptors (Lipinski definition) is 1. The molecular formula is C8H14BrNO. The molecule has 0 N–H and O–H groups in total. The third-order valence-electron chi connectivity index (χ3n) is 2.28. The van der Waals surface area contributed by atoms with Crippen LogP contribution < -0.4 is 0 Å². The van der Waals surface area contributed by atoms with Crippen molar-refractivity contribution in [1.82, 2.24) is 4.90 Å². The van der Waals surface area contributed by atoms with Crippen LogP contribution in [0, 0.1) is 5.92 Å². The van der Waals surface area contributed by atoms with Crippen molar-refractivity contribution in [2.24, 2.45) is 5.92 Å². The van der Waals surface area contributed by atoms with Crippen molar-refractivity contribution in [2.45, 2.75) is 19.8 Å². The van der Waals surface area contributed by atoms with Crippen LogP contribution in [-0.2, 0) is 4.79 Å². The van der Waals surface area contributed by atoms with E-state index in [9.17, 15) is 4.79 Å². The van der Waals surface area contributed by atoms with E-state index in [4.69, 9.17) is 0 Å². The van der Waals surface area contributed by atoms with Crippen LogP contribution in [0.2, 0.25) is 0 Å². The third-order valence-corrected chi connectivity index (χ3v) is 3.19. The average molecular weight is 220 g/mol. The lowest BCUT2D eigenvalue weighted by molar-refractivity contribution is -0.130. The molecule has 0 aromatic rings. The normalized spacial score (nSPS) is 20.4. The van der Waals surface area contributed by atoms with E-state index in [1.807, 2.05) is 4.90 Å². The Morgan fingerprint density at radius 3 is 2.45 bits per heavy atom. The molecule has 64 valence electrons. The van der Waals surface area contributed by atoms with E-state index < -0.39 is 0 Å². The highest BCUT2D eigenvalue weighted by atomic mass is 79.9. The molecule has 1 aliphatic rings. The summed E-state index contributed by atoms with van der Waals surface area (Å²) >= 11 is 3.46. The number of halogens is 1. The van der Waals surface area contributed by atoms with Gasteiger partial charge in [0.2, 0.25) is 5.91 Å². The molecule has 1 aliphatic heterocycles. The van der Waals surface area contributed by atoms with Gasteiger partial charge in [-0.25, -0.2) is 0 Å². The van der Waals surface area contributed by atoms with Crippen molar-refractivity contribution in [2.75, 3.05) is 18.4 Å². The number of hydrogen-bond donors (Lipinski definition) is 0. The number of carbonyl (C=O) groups excluding carboxylic acids is 1. The zero-order chi connectivity index (χ0) is 8.27. The summed E-state index contributed by atoms with van der Waals surface area (Å²) in [7, 11) is 0. The molecule has 0 bridgehead atoms. The van der Waals surface area contributed by atoms with Crippen LogP contribution >= 0.6 is 15.9 Å². The van der Waals surface area contributed by atoms with E-state index in [1.54, 1.807) is 6.92 Å². The Hall–Kier alpha value is -0.0500. The average Bonchev–Trinajstić information content (AvgIpc) is 2.05. The predicted molar refractivity (Wildman–Crippen MR) is 48.8 cm³/mol. The van der Waals surface area contributed by atoms with Gasteiger partial charge in [0.1, 0.15) is 0 Å². The molecule has 1 amide bonds. The first-order valence-corrected chi connectivity index (χ1v) is 5.17. The van der Waals surface area contributed by atoms with Crippen LogP contribution in [0.25, 0.3) is 0 Å². The van der Waals surface area contributed by atoms with Gasteiger partial charge in [-0.05, 0) is 18.8 Å². The maximum atomic E-state index is 10.9. The molecule has 0 aromatic carbocycles. The van der Waals surface area contributed by atoms with E-state index in [0.29, 0.717) is 0 Å². The standard InChI is InChI=1S/C8H14BrNO/c1-7(11)10-4-2-8(6-9)3-5-10/h8H,2-6H2,1H3. The van der Waals surface area contributed by atoms with Crippen LogP contribution in [0.4, 0.5) is 0 Å². The van der Waals surface area contributed by atoms with Crippen molar-refractivity contribution >= 4 is 21.8 Å². The van der Waals surface area contributed by atoms with Gasteiger partial charge < -0.3 is 4.90 Å². The lowest BCUT2D eigenvalue weighted by atomic mass is 9.99. The molecule has 0 spiro atoms. The zero-order valence-electron chi connectivity index (χ0n) is 6.85. The fourth-order valence-corrected chi connectivity index (χ4v) is 2.05. The number of alkyl halides is 1. The highest BCUT2D eigenvalue weighted by Crippen LogP contribution is 2.18. The minimum absolute atomic E-state index is 0.220. The fourth-order valence-electron chi connectivity index (χ4n) is 1.40. The number of amides is 1. The summed E-state index contributed by atoms with van der Waals surface area (Å²) < 4.78 is 0. The number of likely N-dealkylation sites (tertiary alicyclic amines) is 1. The maximum Gasteiger partial charge on any atom is 0.219 e. The minimum atomic E-state index is 0.220. The maximum absolute atomic E-state index is 10.9. The predicted octanol–water partition coefficient (Wildman–Crippen LogP) is 1.64. The van der Waals surface area contributed by atoms with E-state index in [2.05, 4.69) is 15.9 Å². The van der Waals surface area contributed by atoms with Gasteiger partial charge in [0, 0.05) is 25.3 Å². The van der Waals surface area contributed by atoms with Gasteiger partial charge in [0.15, 0.2) is 0 Å². The molecule has 1 fully saturated rings. The van der Waals surface area contributed by atoms with Gasteiger partial charge >= 0.3 is 0 Å². The number of piperidine rings is 1. The van der Waals surface area contributed by atoms with Crippen LogP contribution in [0.3, 0.4) is 0 Å². The van der Waals surface area contributed by atoms with Crippen LogP contribution in [0.15, 0.2) is 0 Å². The molecule has 0 aromatic heterocycles. The summed E-state index contributed by atoms with van der Waals surface area (Å²) in [5.74, 6) is 1.00. The SMILES string of the molecule is CC(=O)N1CCC(CBr)CC1. The van der Waals surface area contributed by atoms with Gasteiger partial charge in [-0.1, -0.05) is 15.9 Å². The van der Waals surface area contributed by atoms with E-state index in [-0.39, 0.29) is 5.91 Å². The Bertz CT molecular complexity index is 141. The van der Waals surface area contributed by atoms with E-state index in [0.717, 1.165) is 37.2 Å². The topological polar surface area (TPSA) is 20.3 Å². The van der Waals surface area contributed by atoms with Crippen LogP contribution in [0.1, 0.15) is 19.8 Å². The van der Waals surface area contributed by atoms with Gasteiger partial charge in [-0.2, -0.15) is 0 Å². The lowest BCUT2D eigenvalue weighted by Crippen LogP contribution is -2.37. The van der Waals surface area contributed by atoms with Crippen molar-refractivity contribution in [3.8, 4) is 0 Å².